The molecule has 8 heteroatoms. The van der Waals surface area contributed by atoms with Crippen LogP contribution in [-0.2, 0) is 22.7 Å². The van der Waals surface area contributed by atoms with Crippen molar-refractivity contribution in [3.63, 3.8) is 0 Å². The minimum absolute atomic E-state index is 0.119. The van der Waals surface area contributed by atoms with Crippen molar-refractivity contribution in [2.75, 3.05) is 16.4 Å². The van der Waals surface area contributed by atoms with Gasteiger partial charge in [0.05, 0.1) is 24.3 Å². The Morgan fingerprint density at radius 3 is 2.27 bits per heavy atom. The fourth-order valence-electron chi connectivity index (χ4n) is 2.85. The number of aliphatic hydroxyl groups is 1. The molecule has 7 nitrogen and oxygen atoms in total. The summed E-state index contributed by atoms with van der Waals surface area (Å²) in [6.45, 7) is 3.93. The largest absolute Gasteiger partial charge is 0.390 e. The lowest BCUT2D eigenvalue weighted by molar-refractivity contribution is -0.114. The van der Waals surface area contributed by atoms with Crippen molar-refractivity contribution in [1.82, 2.24) is 9.55 Å². The van der Waals surface area contributed by atoms with Crippen molar-refractivity contribution >= 4 is 35.0 Å². The molecule has 2 amide bonds. The van der Waals surface area contributed by atoms with Crippen molar-refractivity contribution in [1.29, 1.82) is 0 Å². The maximum absolute atomic E-state index is 12.3. The topological polar surface area (TPSA) is 96.2 Å². The van der Waals surface area contributed by atoms with Gasteiger partial charge in [-0.25, -0.2) is 4.98 Å². The molecule has 0 unspecified atom stereocenters. The van der Waals surface area contributed by atoms with Gasteiger partial charge in [-0.2, -0.15) is 0 Å². The third-order valence-electron chi connectivity index (χ3n) is 4.35. The third-order valence-corrected chi connectivity index (χ3v) is 5.34. The summed E-state index contributed by atoms with van der Waals surface area (Å²) in [6, 6.07) is 15.1. The van der Waals surface area contributed by atoms with E-state index >= 15 is 0 Å². The number of carbonyl (C=O) groups is 2. The van der Waals surface area contributed by atoms with Gasteiger partial charge in [-0.15, -0.1) is 0 Å². The van der Waals surface area contributed by atoms with Crippen LogP contribution in [0.3, 0.4) is 0 Å². The van der Waals surface area contributed by atoms with Crippen LogP contribution >= 0.6 is 11.8 Å². The number of anilines is 2. The van der Waals surface area contributed by atoms with E-state index in [9.17, 15) is 14.7 Å². The van der Waals surface area contributed by atoms with Gasteiger partial charge in [0.15, 0.2) is 5.16 Å². The van der Waals surface area contributed by atoms with E-state index in [4.69, 9.17) is 0 Å². The molecule has 1 heterocycles. The quantitative estimate of drug-likeness (QED) is 0.482. The predicted octanol–water partition coefficient (Wildman–Crippen LogP) is 3.42. The minimum atomic E-state index is -0.164. The van der Waals surface area contributed by atoms with Crippen LogP contribution in [0.25, 0.3) is 0 Å². The van der Waals surface area contributed by atoms with E-state index in [2.05, 4.69) is 15.6 Å². The van der Waals surface area contributed by atoms with Crippen molar-refractivity contribution in [3.05, 3.63) is 71.5 Å². The molecule has 0 aliphatic heterocycles. The fourth-order valence-corrected chi connectivity index (χ4v) is 3.64. The Hall–Kier alpha value is -3.10. The van der Waals surface area contributed by atoms with Gasteiger partial charge in [0.2, 0.25) is 11.8 Å². The van der Waals surface area contributed by atoms with E-state index in [1.165, 1.54) is 24.2 Å². The van der Waals surface area contributed by atoms with Gasteiger partial charge in [0.1, 0.15) is 0 Å². The number of nitrogens with zero attached hydrogens (tertiary/aromatic N) is 2. The van der Waals surface area contributed by atoms with E-state index in [-0.39, 0.29) is 24.2 Å². The number of nitrogens with one attached hydrogen (secondary N) is 2. The van der Waals surface area contributed by atoms with Crippen LogP contribution in [0.1, 0.15) is 23.7 Å². The molecule has 3 aromatic rings. The number of thioether (sulfide) groups is 1. The second-order valence-electron chi connectivity index (χ2n) is 6.86. The molecule has 0 spiro atoms. The lowest BCUT2D eigenvalue weighted by atomic mass is 10.1. The Morgan fingerprint density at radius 2 is 1.67 bits per heavy atom. The molecular weight excluding hydrogens is 400 g/mol. The summed E-state index contributed by atoms with van der Waals surface area (Å²) in [6.07, 6.45) is 1.63. The van der Waals surface area contributed by atoms with E-state index in [1.54, 1.807) is 30.5 Å². The van der Waals surface area contributed by atoms with Gasteiger partial charge >= 0.3 is 0 Å². The zero-order valence-corrected chi connectivity index (χ0v) is 17.7. The first kappa shape index (κ1) is 21.6. The molecule has 30 heavy (non-hydrogen) atoms. The van der Waals surface area contributed by atoms with Crippen LogP contribution in [0.5, 0.6) is 0 Å². The molecule has 2 aromatic carbocycles. The first-order valence-electron chi connectivity index (χ1n) is 9.45. The SMILES string of the molecule is CC(=O)Nc1ccc(NC(=O)CSc2ncc(CO)n2Cc2ccc(C)cc2)cc1. The number of rotatable bonds is 8. The Labute approximate surface area is 179 Å². The number of benzene rings is 2. The van der Waals surface area contributed by atoms with Crippen molar-refractivity contribution in [3.8, 4) is 0 Å². The first-order valence-corrected chi connectivity index (χ1v) is 10.4. The normalized spacial score (nSPS) is 10.6. The minimum Gasteiger partial charge on any atom is -0.390 e. The number of carbonyl (C=O) groups excluding carboxylic acids is 2. The monoisotopic (exact) mass is 424 g/mol. The summed E-state index contributed by atoms with van der Waals surface area (Å²) >= 11 is 1.32. The predicted molar refractivity (Wildman–Crippen MR) is 119 cm³/mol. The van der Waals surface area contributed by atoms with Crippen LogP contribution in [0.2, 0.25) is 0 Å². The lowest BCUT2D eigenvalue weighted by Gasteiger charge is -2.11. The van der Waals surface area contributed by atoms with Crippen LogP contribution in [-0.4, -0.2) is 32.2 Å². The average molecular weight is 425 g/mol. The molecule has 0 fully saturated rings. The Kier molecular flexibility index (Phi) is 7.26. The summed E-state index contributed by atoms with van der Waals surface area (Å²) in [5.74, 6) is -0.127. The molecule has 0 aliphatic rings. The molecule has 0 saturated heterocycles. The number of aliphatic hydroxyl groups excluding tert-OH is 1. The van der Waals surface area contributed by atoms with Crippen molar-refractivity contribution in [2.45, 2.75) is 32.2 Å². The molecule has 0 aliphatic carbocycles. The molecule has 3 rings (SSSR count). The fraction of sp³-hybridized carbons (Fsp3) is 0.227. The zero-order chi connectivity index (χ0) is 21.5. The number of aromatic nitrogens is 2. The van der Waals surface area contributed by atoms with Crippen LogP contribution in [0.4, 0.5) is 11.4 Å². The molecular formula is C22H24N4O3S. The molecule has 3 N–H and O–H groups in total. The maximum Gasteiger partial charge on any atom is 0.234 e. The number of hydrogen-bond acceptors (Lipinski definition) is 5. The number of hydrogen-bond donors (Lipinski definition) is 3. The standard InChI is InChI=1S/C22H24N4O3S/c1-15-3-5-17(6-4-15)12-26-20(13-27)11-23-22(26)30-14-21(29)25-19-9-7-18(8-10-19)24-16(2)28/h3-11,27H,12-14H2,1-2H3,(H,24,28)(H,25,29). The van der Waals surface area contributed by atoms with Gasteiger partial charge in [-0.05, 0) is 36.8 Å². The second-order valence-corrected chi connectivity index (χ2v) is 7.80. The van der Waals surface area contributed by atoms with E-state index in [1.807, 2.05) is 35.8 Å². The highest BCUT2D eigenvalue weighted by molar-refractivity contribution is 7.99. The Bertz CT molecular complexity index is 1010. The maximum atomic E-state index is 12.3. The Morgan fingerprint density at radius 1 is 1.03 bits per heavy atom. The summed E-state index contributed by atoms with van der Waals surface area (Å²) in [7, 11) is 0. The van der Waals surface area contributed by atoms with E-state index < -0.39 is 0 Å². The molecule has 1 aromatic heterocycles. The highest BCUT2D eigenvalue weighted by atomic mass is 32.2. The molecule has 0 atom stereocenters. The molecule has 0 radical (unpaired) electrons. The highest BCUT2D eigenvalue weighted by Gasteiger charge is 2.13. The zero-order valence-electron chi connectivity index (χ0n) is 16.9. The van der Waals surface area contributed by atoms with Gasteiger partial charge in [0, 0.05) is 24.8 Å². The van der Waals surface area contributed by atoms with E-state index in [0.29, 0.717) is 28.8 Å². The highest BCUT2D eigenvalue weighted by Crippen LogP contribution is 2.21. The molecule has 0 saturated carbocycles. The smallest absolute Gasteiger partial charge is 0.234 e. The first-order chi connectivity index (χ1) is 14.4. The summed E-state index contributed by atoms with van der Waals surface area (Å²) in [5, 5.41) is 15.8. The summed E-state index contributed by atoms with van der Waals surface area (Å²) in [4.78, 5) is 27.8. The lowest BCUT2D eigenvalue weighted by Crippen LogP contribution is -2.15. The number of imidazole rings is 1. The van der Waals surface area contributed by atoms with Gasteiger partial charge in [-0.1, -0.05) is 41.6 Å². The van der Waals surface area contributed by atoms with Gasteiger partial charge < -0.3 is 20.3 Å². The summed E-state index contributed by atoms with van der Waals surface area (Å²) < 4.78 is 1.92. The van der Waals surface area contributed by atoms with Crippen LogP contribution in [0, 0.1) is 6.92 Å². The average Bonchev–Trinajstić information content (AvgIpc) is 3.11. The van der Waals surface area contributed by atoms with Gasteiger partial charge in [-0.3, -0.25) is 9.59 Å². The molecule has 156 valence electrons. The molecule has 0 bridgehead atoms. The summed E-state index contributed by atoms with van der Waals surface area (Å²) in [5.41, 5.74) is 4.30. The van der Waals surface area contributed by atoms with Crippen LogP contribution in [0.15, 0.2) is 59.9 Å². The van der Waals surface area contributed by atoms with Crippen LogP contribution < -0.4 is 10.6 Å². The van der Waals surface area contributed by atoms with Crippen molar-refractivity contribution < 1.29 is 14.7 Å². The van der Waals surface area contributed by atoms with E-state index in [0.717, 1.165) is 5.56 Å². The van der Waals surface area contributed by atoms with Crippen molar-refractivity contribution in [2.24, 2.45) is 0 Å². The Balaban J connectivity index is 1.61. The number of aryl methyl sites for hydroxylation is 1. The van der Waals surface area contributed by atoms with Gasteiger partial charge in [0.25, 0.3) is 0 Å². The number of amides is 2. The third kappa shape index (κ3) is 5.95. The second kappa shape index (κ2) is 10.1.